The molecule has 3 nitrogen and oxygen atoms in total. The maximum Gasteiger partial charge on any atom is 1.00 e. The summed E-state index contributed by atoms with van der Waals surface area (Å²) >= 11 is 0. The molecule has 1 rings (SSSR count). The second-order valence-electron chi connectivity index (χ2n) is 3.48. The molecule has 15 heavy (non-hydrogen) atoms. The van der Waals surface area contributed by atoms with Crippen molar-refractivity contribution in [2.45, 2.75) is 27.7 Å². The van der Waals surface area contributed by atoms with Gasteiger partial charge in [0.1, 0.15) is 5.78 Å². The molecule has 0 bridgehead atoms. The molecule has 1 saturated heterocycles. The van der Waals surface area contributed by atoms with Gasteiger partial charge in [0.25, 0.3) is 0 Å². The Balaban J connectivity index is 0. The molecular weight excluding hydrogens is 262 g/mol. The van der Waals surface area contributed by atoms with Crippen molar-refractivity contribution in [3.05, 3.63) is 5.32 Å². The van der Waals surface area contributed by atoms with Gasteiger partial charge in [-0.3, -0.25) is 0 Å². The van der Waals surface area contributed by atoms with Crippen LogP contribution in [-0.2, 0) is 4.79 Å². The molecular formula is C11H23N2ORb. The van der Waals surface area contributed by atoms with E-state index in [9.17, 15) is 4.79 Å². The minimum absolute atomic E-state index is 0. The summed E-state index contributed by atoms with van der Waals surface area (Å²) in [5.74, 6) is 0.881. The van der Waals surface area contributed by atoms with Crippen LogP contribution in [0.1, 0.15) is 27.7 Å². The van der Waals surface area contributed by atoms with Crippen molar-refractivity contribution in [2.75, 3.05) is 32.7 Å². The van der Waals surface area contributed by atoms with Crippen LogP contribution in [0.2, 0.25) is 0 Å². The zero-order valence-electron chi connectivity index (χ0n) is 10.9. The maximum absolute atomic E-state index is 10.5. The molecule has 0 aromatic rings. The zero-order valence-corrected chi connectivity index (χ0v) is 15.8. The third-order valence-electron chi connectivity index (χ3n) is 2.20. The van der Waals surface area contributed by atoms with Gasteiger partial charge in [-0.05, 0) is 19.4 Å². The van der Waals surface area contributed by atoms with E-state index in [1.54, 1.807) is 6.92 Å². The summed E-state index contributed by atoms with van der Waals surface area (Å²) in [5, 5.41) is 4.19. The Kier molecular flexibility index (Phi) is 14.8. The molecule has 0 unspecified atom stereocenters. The van der Waals surface area contributed by atoms with Crippen LogP contribution in [0.25, 0.3) is 5.32 Å². The molecule has 0 saturated carbocycles. The molecule has 0 aromatic heterocycles. The van der Waals surface area contributed by atoms with E-state index in [0.717, 1.165) is 26.2 Å². The topological polar surface area (TPSA) is 34.4 Å². The second kappa shape index (κ2) is 11.9. The number of rotatable bonds is 5. The zero-order chi connectivity index (χ0) is 11.0. The van der Waals surface area contributed by atoms with Crippen molar-refractivity contribution in [3.63, 3.8) is 0 Å². The van der Waals surface area contributed by atoms with Gasteiger partial charge >= 0.3 is 58.2 Å². The van der Waals surface area contributed by atoms with E-state index in [4.69, 9.17) is 0 Å². The molecule has 0 aromatic carbocycles. The third kappa shape index (κ3) is 9.13. The van der Waals surface area contributed by atoms with Gasteiger partial charge in [-0.2, -0.15) is 0 Å². The van der Waals surface area contributed by atoms with Crippen molar-refractivity contribution in [3.8, 4) is 0 Å². The molecule has 0 atom stereocenters. The Morgan fingerprint density at radius 3 is 2.33 bits per heavy atom. The van der Waals surface area contributed by atoms with Crippen LogP contribution in [0.5, 0.6) is 0 Å². The minimum atomic E-state index is 0. The van der Waals surface area contributed by atoms with E-state index in [1.807, 2.05) is 13.8 Å². The van der Waals surface area contributed by atoms with Gasteiger partial charge in [0.2, 0.25) is 0 Å². The van der Waals surface area contributed by atoms with E-state index in [2.05, 4.69) is 17.1 Å². The van der Waals surface area contributed by atoms with Gasteiger partial charge in [-0.15, -0.1) is 6.54 Å². The predicted molar refractivity (Wildman–Crippen MR) is 60.7 cm³/mol. The van der Waals surface area contributed by atoms with Gasteiger partial charge in [0.15, 0.2) is 0 Å². The van der Waals surface area contributed by atoms with E-state index >= 15 is 0 Å². The van der Waals surface area contributed by atoms with Crippen molar-refractivity contribution < 1.29 is 63.0 Å². The Morgan fingerprint density at radius 2 is 1.93 bits per heavy atom. The van der Waals surface area contributed by atoms with Crippen molar-refractivity contribution in [1.29, 1.82) is 0 Å². The molecule has 0 aliphatic carbocycles. The Morgan fingerprint density at radius 1 is 1.40 bits per heavy atom. The molecule has 0 amide bonds. The smallest absolute Gasteiger partial charge is 0.656 e. The first-order chi connectivity index (χ1) is 6.72. The average Bonchev–Trinajstić information content (AvgIpc) is 2.12. The van der Waals surface area contributed by atoms with Crippen LogP contribution in [0.3, 0.4) is 0 Å². The molecule has 0 spiro atoms. The third-order valence-corrected chi connectivity index (χ3v) is 2.20. The maximum atomic E-state index is 10.5. The first kappa shape index (κ1) is 18.8. The van der Waals surface area contributed by atoms with Gasteiger partial charge in [-0.1, -0.05) is 27.3 Å². The summed E-state index contributed by atoms with van der Waals surface area (Å²) in [6.07, 6.45) is 0. The first-order valence-corrected chi connectivity index (χ1v) is 5.57. The van der Waals surface area contributed by atoms with E-state index < -0.39 is 0 Å². The summed E-state index contributed by atoms with van der Waals surface area (Å²) in [6, 6.07) is 0. The van der Waals surface area contributed by atoms with Crippen molar-refractivity contribution >= 4 is 5.78 Å². The predicted octanol–water partition coefficient (Wildman–Crippen LogP) is -1.07. The Bertz CT molecular complexity index is 159. The number of hydrogen-bond acceptors (Lipinski definition) is 2. The van der Waals surface area contributed by atoms with Crippen LogP contribution in [0.4, 0.5) is 0 Å². The number of nitrogens with zero attached hydrogens (tertiary/aromatic N) is 2. The summed E-state index contributed by atoms with van der Waals surface area (Å²) in [5.41, 5.74) is 0. The van der Waals surface area contributed by atoms with Crippen molar-refractivity contribution in [1.82, 2.24) is 4.90 Å². The molecule has 1 heterocycles. The monoisotopic (exact) mass is 284 g/mol. The van der Waals surface area contributed by atoms with Gasteiger partial charge in [0, 0.05) is 13.1 Å². The van der Waals surface area contributed by atoms with Crippen LogP contribution in [0, 0.1) is 5.92 Å². The van der Waals surface area contributed by atoms with Gasteiger partial charge in [-0.25, -0.2) is 0 Å². The molecule has 1 aliphatic heterocycles. The Labute approximate surface area is 143 Å². The molecule has 0 radical (unpaired) electrons. The summed E-state index contributed by atoms with van der Waals surface area (Å²) in [7, 11) is 0. The van der Waals surface area contributed by atoms with Crippen molar-refractivity contribution in [2.24, 2.45) is 5.92 Å². The number of Topliss-reactive ketones (excluding diaryl/α,β-unsaturated/α-hetero) is 1. The van der Waals surface area contributed by atoms with Crippen LogP contribution < -0.4 is 58.2 Å². The second-order valence-corrected chi connectivity index (χ2v) is 3.48. The van der Waals surface area contributed by atoms with E-state index in [1.165, 1.54) is 0 Å². The standard InChI is InChI=1S/C9H17N2O.C2H6.Rb/c1-3-11-6-9(7-11)5-10-4-8(2)12;1-2;/h9H,3-7H2,1-2H3;1-2H3;/q-1;;+1. The Hall–Kier alpha value is 1.40. The fraction of sp³-hybridized carbons (Fsp3) is 0.909. The first-order valence-electron chi connectivity index (χ1n) is 5.57. The van der Waals surface area contributed by atoms with Crippen LogP contribution >= 0.6 is 0 Å². The fourth-order valence-electron chi connectivity index (χ4n) is 1.46. The largest absolute Gasteiger partial charge is 1.00 e. The summed E-state index contributed by atoms with van der Waals surface area (Å²) < 4.78 is 0. The molecule has 4 heteroatoms. The normalized spacial score (nSPS) is 15.7. The van der Waals surface area contributed by atoms with Gasteiger partial charge in [0.05, 0.1) is 0 Å². The van der Waals surface area contributed by atoms with Gasteiger partial charge < -0.3 is 15.0 Å². The quantitative estimate of drug-likeness (QED) is 0.644. The summed E-state index contributed by atoms with van der Waals surface area (Å²) in [6.45, 7) is 12.5. The van der Waals surface area contributed by atoms with Crippen LogP contribution in [-0.4, -0.2) is 43.4 Å². The molecule has 0 N–H and O–H groups in total. The SMILES string of the molecule is CC.CCN1CC(C[N-]CC(C)=O)C1.[Rb+]. The average molecular weight is 285 g/mol. The number of carbonyl (C=O) groups is 1. The number of likely N-dealkylation sites (tertiary alicyclic amines) is 1. The molecule has 1 fully saturated rings. The fourth-order valence-corrected chi connectivity index (χ4v) is 1.46. The number of hydrogen-bond donors (Lipinski definition) is 0. The van der Waals surface area contributed by atoms with E-state index in [0.29, 0.717) is 12.5 Å². The van der Waals surface area contributed by atoms with E-state index in [-0.39, 0.29) is 64.0 Å². The number of ketones is 1. The minimum Gasteiger partial charge on any atom is -0.656 e. The number of carbonyl (C=O) groups excluding carboxylic acids is 1. The summed E-state index contributed by atoms with van der Waals surface area (Å²) in [4.78, 5) is 12.9. The van der Waals surface area contributed by atoms with Crippen LogP contribution in [0.15, 0.2) is 0 Å². The molecule has 84 valence electrons. The molecule has 1 aliphatic rings.